The minimum atomic E-state index is -4.51. The van der Waals surface area contributed by atoms with Gasteiger partial charge in [-0.1, -0.05) is 0 Å². The first-order valence-corrected chi connectivity index (χ1v) is 9.48. The van der Waals surface area contributed by atoms with Gasteiger partial charge in [-0.3, -0.25) is 9.78 Å². The van der Waals surface area contributed by atoms with Gasteiger partial charge in [-0.05, 0) is 38.8 Å². The second kappa shape index (κ2) is 7.03. The lowest BCUT2D eigenvalue weighted by atomic mass is 10.0. The fourth-order valence-electron chi connectivity index (χ4n) is 2.48. The summed E-state index contributed by atoms with van der Waals surface area (Å²) in [7, 11) is -3.78. The zero-order valence-electron chi connectivity index (χ0n) is 14.0. The summed E-state index contributed by atoms with van der Waals surface area (Å²) in [5, 5.41) is 0. The van der Waals surface area contributed by atoms with Crippen LogP contribution in [0.1, 0.15) is 37.9 Å². The van der Waals surface area contributed by atoms with Crippen LogP contribution in [0, 0.1) is 0 Å². The second-order valence-electron chi connectivity index (χ2n) is 6.56. The number of alkyl halides is 3. The molecule has 1 aliphatic heterocycles. The standard InChI is InChI=1S/C16H20F3NO4S/c1-15(2,25(22,23)10-13-4-3-7-24-13)14(21)8-12-6-5-11(9-20-12)16(17,18)19/h5-6,9,13H,3-4,7-8,10H2,1-2H3. The lowest BCUT2D eigenvalue weighted by Crippen LogP contribution is -2.45. The highest BCUT2D eigenvalue weighted by atomic mass is 32.2. The van der Waals surface area contributed by atoms with E-state index in [0.717, 1.165) is 18.6 Å². The van der Waals surface area contributed by atoms with Gasteiger partial charge in [-0.2, -0.15) is 13.2 Å². The fourth-order valence-corrected chi connectivity index (χ4v) is 4.06. The van der Waals surface area contributed by atoms with Gasteiger partial charge in [-0.25, -0.2) is 8.42 Å². The largest absolute Gasteiger partial charge is 0.417 e. The third kappa shape index (κ3) is 4.58. The van der Waals surface area contributed by atoms with E-state index in [4.69, 9.17) is 4.74 Å². The average Bonchev–Trinajstić information content (AvgIpc) is 2.98. The Kier molecular flexibility index (Phi) is 5.58. The topological polar surface area (TPSA) is 73.3 Å². The minimum Gasteiger partial charge on any atom is -0.377 e. The summed E-state index contributed by atoms with van der Waals surface area (Å²) in [5.41, 5.74) is -0.827. The van der Waals surface area contributed by atoms with E-state index in [2.05, 4.69) is 4.98 Å². The summed E-state index contributed by atoms with van der Waals surface area (Å²) in [6.07, 6.45) is -3.24. The first-order valence-electron chi connectivity index (χ1n) is 7.83. The molecule has 1 aromatic rings. The molecule has 0 radical (unpaired) electrons. The van der Waals surface area contributed by atoms with E-state index < -0.39 is 38.2 Å². The van der Waals surface area contributed by atoms with Gasteiger partial charge in [0, 0.05) is 18.5 Å². The van der Waals surface area contributed by atoms with Crippen LogP contribution in [0.2, 0.25) is 0 Å². The third-order valence-corrected chi connectivity index (χ3v) is 6.97. The zero-order chi connectivity index (χ0) is 18.9. The molecule has 9 heteroatoms. The number of carbonyl (C=O) groups excluding carboxylic acids is 1. The number of ketones is 1. The number of nitrogens with zero attached hydrogens (tertiary/aromatic N) is 1. The summed E-state index contributed by atoms with van der Waals surface area (Å²) in [6, 6.07) is 1.91. The second-order valence-corrected chi connectivity index (χ2v) is 9.15. The molecule has 2 heterocycles. The molecule has 1 fully saturated rings. The SMILES string of the molecule is CC(C)(C(=O)Cc1ccc(C(F)(F)F)cn1)S(=O)(=O)CC1CCCO1. The van der Waals surface area contributed by atoms with Crippen LogP contribution in [-0.2, 0) is 32.0 Å². The Bertz CT molecular complexity index is 721. The van der Waals surface area contributed by atoms with Crippen LogP contribution in [0.5, 0.6) is 0 Å². The quantitative estimate of drug-likeness (QED) is 0.760. The molecule has 1 unspecified atom stereocenters. The van der Waals surface area contributed by atoms with Crippen LogP contribution in [0.4, 0.5) is 13.2 Å². The first kappa shape index (κ1) is 19.8. The number of Topliss-reactive ketones (excluding diaryl/α,β-unsaturated/α-hetero) is 1. The van der Waals surface area contributed by atoms with Crippen molar-refractivity contribution < 1.29 is 31.1 Å². The number of hydrogen-bond donors (Lipinski definition) is 0. The highest BCUT2D eigenvalue weighted by molar-refractivity contribution is 7.93. The van der Waals surface area contributed by atoms with Crippen LogP contribution in [0.25, 0.3) is 0 Å². The highest BCUT2D eigenvalue weighted by Crippen LogP contribution is 2.29. The zero-order valence-corrected chi connectivity index (χ0v) is 14.8. The average molecular weight is 379 g/mol. The summed E-state index contributed by atoms with van der Waals surface area (Å²) in [5.74, 6) is -0.857. The van der Waals surface area contributed by atoms with E-state index in [1.165, 1.54) is 13.8 Å². The number of pyridine rings is 1. The van der Waals surface area contributed by atoms with Gasteiger partial charge >= 0.3 is 6.18 Å². The third-order valence-electron chi connectivity index (χ3n) is 4.37. The molecule has 0 aliphatic carbocycles. The molecular formula is C16H20F3NO4S. The molecule has 25 heavy (non-hydrogen) atoms. The number of ether oxygens (including phenoxy) is 1. The normalized spacial score (nSPS) is 19.2. The van der Waals surface area contributed by atoms with Crippen LogP contribution >= 0.6 is 0 Å². The van der Waals surface area contributed by atoms with E-state index in [1.807, 2.05) is 0 Å². The molecule has 1 aliphatic rings. The van der Waals surface area contributed by atoms with Crippen molar-refractivity contribution in [1.29, 1.82) is 0 Å². The Morgan fingerprint density at radius 1 is 1.32 bits per heavy atom. The van der Waals surface area contributed by atoms with Gasteiger partial charge < -0.3 is 4.74 Å². The predicted octanol–water partition coefficient (Wildman–Crippen LogP) is 2.58. The summed E-state index contributed by atoms with van der Waals surface area (Å²) in [4.78, 5) is 16.1. The molecule has 1 aromatic heterocycles. The Hall–Kier alpha value is -1.48. The minimum absolute atomic E-state index is 0.0957. The van der Waals surface area contributed by atoms with Crippen molar-refractivity contribution in [2.75, 3.05) is 12.4 Å². The molecule has 140 valence electrons. The lowest BCUT2D eigenvalue weighted by molar-refractivity contribution is -0.137. The maximum atomic E-state index is 12.6. The van der Waals surface area contributed by atoms with Gasteiger partial charge in [0.1, 0.15) is 4.75 Å². The van der Waals surface area contributed by atoms with E-state index in [0.29, 0.717) is 19.2 Å². The summed E-state index contributed by atoms with van der Waals surface area (Å²) < 4.78 is 66.3. The molecule has 5 nitrogen and oxygen atoms in total. The molecule has 1 saturated heterocycles. The predicted molar refractivity (Wildman–Crippen MR) is 84.8 cm³/mol. The van der Waals surface area contributed by atoms with Gasteiger partial charge in [-0.15, -0.1) is 0 Å². The monoisotopic (exact) mass is 379 g/mol. The van der Waals surface area contributed by atoms with Crippen molar-refractivity contribution in [3.8, 4) is 0 Å². The van der Waals surface area contributed by atoms with E-state index in [9.17, 15) is 26.4 Å². The number of halogens is 3. The van der Waals surface area contributed by atoms with Crippen molar-refractivity contribution >= 4 is 15.6 Å². The van der Waals surface area contributed by atoms with Crippen molar-refractivity contribution in [3.05, 3.63) is 29.6 Å². The van der Waals surface area contributed by atoms with E-state index in [1.54, 1.807) is 0 Å². The number of hydrogen-bond acceptors (Lipinski definition) is 5. The van der Waals surface area contributed by atoms with Crippen molar-refractivity contribution in [2.24, 2.45) is 0 Å². The Balaban J connectivity index is 2.09. The van der Waals surface area contributed by atoms with E-state index >= 15 is 0 Å². The van der Waals surface area contributed by atoms with Crippen LogP contribution < -0.4 is 0 Å². The molecule has 0 saturated carbocycles. The van der Waals surface area contributed by atoms with Crippen LogP contribution in [0.3, 0.4) is 0 Å². The molecule has 2 rings (SSSR count). The molecule has 0 spiro atoms. The van der Waals surface area contributed by atoms with Crippen LogP contribution in [-0.4, -0.2) is 42.4 Å². The number of sulfone groups is 1. The Morgan fingerprint density at radius 2 is 2.00 bits per heavy atom. The number of aromatic nitrogens is 1. The van der Waals surface area contributed by atoms with Crippen molar-refractivity contribution in [2.45, 2.75) is 50.1 Å². The highest BCUT2D eigenvalue weighted by Gasteiger charge is 2.43. The molecule has 0 N–H and O–H groups in total. The smallest absolute Gasteiger partial charge is 0.377 e. The van der Waals surface area contributed by atoms with Crippen LogP contribution in [0.15, 0.2) is 18.3 Å². The van der Waals surface area contributed by atoms with Gasteiger partial charge in [0.15, 0.2) is 15.6 Å². The lowest BCUT2D eigenvalue weighted by Gasteiger charge is -2.25. The molecule has 1 atom stereocenters. The Labute approximate surface area is 144 Å². The number of rotatable bonds is 6. The van der Waals surface area contributed by atoms with Gasteiger partial charge in [0.2, 0.25) is 0 Å². The molecule has 0 amide bonds. The summed E-state index contributed by atoms with van der Waals surface area (Å²) in [6.45, 7) is 3.12. The summed E-state index contributed by atoms with van der Waals surface area (Å²) >= 11 is 0. The van der Waals surface area contributed by atoms with E-state index in [-0.39, 0.29) is 17.9 Å². The van der Waals surface area contributed by atoms with Crippen molar-refractivity contribution in [1.82, 2.24) is 4.98 Å². The maximum absolute atomic E-state index is 12.6. The first-order chi connectivity index (χ1) is 11.4. The molecule has 0 aromatic carbocycles. The maximum Gasteiger partial charge on any atom is 0.417 e. The Morgan fingerprint density at radius 3 is 2.48 bits per heavy atom. The van der Waals surface area contributed by atoms with Crippen molar-refractivity contribution in [3.63, 3.8) is 0 Å². The van der Waals surface area contributed by atoms with Gasteiger partial charge in [0.05, 0.1) is 23.8 Å². The number of carbonyl (C=O) groups is 1. The van der Waals surface area contributed by atoms with Gasteiger partial charge in [0.25, 0.3) is 0 Å². The molecule has 0 bridgehead atoms. The fraction of sp³-hybridized carbons (Fsp3) is 0.625. The molecular weight excluding hydrogens is 359 g/mol.